The smallest absolute Gasteiger partial charge is 0.321 e. The number of amides is 2. The molecule has 3 rings (SSSR count). The molecular formula is C17H21N7O. The monoisotopic (exact) mass is 339 g/mol. The molecule has 1 aromatic carbocycles. The summed E-state index contributed by atoms with van der Waals surface area (Å²) in [5, 5.41) is 10.5. The van der Waals surface area contributed by atoms with Crippen molar-refractivity contribution < 1.29 is 4.79 Å². The van der Waals surface area contributed by atoms with E-state index >= 15 is 0 Å². The molecule has 8 heteroatoms. The number of rotatable bonds is 4. The van der Waals surface area contributed by atoms with Crippen molar-refractivity contribution in [3.8, 4) is 0 Å². The highest BCUT2D eigenvalue weighted by molar-refractivity contribution is 5.88. The highest BCUT2D eigenvalue weighted by Gasteiger charge is 2.11. The number of carbonyl (C=O) groups excluding carboxylic acids is 1. The van der Waals surface area contributed by atoms with Crippen molar-refractivity contribution >= 4 is 23.3 Å². The average molecular weight is 339 g/mol. The van der Waals surface area contributed by atoms with Gasteiger partial charge in [-0.05, 0) is 31.5 Å². The van der Waals surface area contributed by atoms with Crippen LogP contribution in [0, 0.1) is 13.8 Å². The molecule has 2 amide bonds. The number of benzene rings is 1. The van der Waals surface area contributed by atoms with Gasteiger partial charge in [0, 0.05) is 37.6 Å². The number of aromatic nitrogens is 4. The third-order valence-electron chi connectivity index (χ3n) is 3.95. The van der Waals surface area contributed by atoms with Crippen LogP contribution in [0.2, 0.25) is 0 Å². The Balaban J connectivity index is 1.79. The van der Waals surface area contributed by atoms with Gasteiger partial charge in [0.2, 0.25) is 0 Å². The van der Waals surface area contributed by atoms with Crippen LogP contribution in [0.4, 0.5) is 16.3 Å². The topological polar surface area (TPSA) is 87.5 Å². The number of anilines is 2. The van der Waals surface area contributed by atoms with Gasteiger partial charge in [-0.25, -0.2) is 9.78 Å². The zero-order chi connectivity index (χ0) is 18.0. The summed E-state index contributed by atoms with van der Waals surface area (Å²) in [4.78, 5) is 21.8. The highest BCUT2D eigenvalue weighted by atomic mass is 16.2. The van der Waals surface area contributed by atoms with Crippen molar-refractivity contribution in [3.05, 3.63) is 47.4 Å². The van der Waals surface area contributed by atoms with Crippen molar-refractivity contribution in [2.24, 2.45) is 0 Å². The summed E-state index contributed by atoms with van der Waals surface area (Å²) >= 11 is 0. The predicted molar refractivity (Wildman–Crippen MR) is 96.7 cm³/mol. The summed E-state index contributed by atoms with van der Waals surface area (Å²) in [6.45, 7) is 4.54. The van der Waals surface area contributed by atoms with Gasteiger partial charge in [0.25, 0.3) is 5.78 Å². The molecule has 2 heterocycles. The van der Waals surface area contributed by atoms with E-state index in [-0.39, 0.29) is 6.03 Å². The summed E-state index contributed by atoms with van der Waals surface area (Å²) in [5.74, 6) is 1.43. The Kier molecular flexibility index (Phi) is 4.51. The Labute approximate surface area is 145 Å². The molecule has 0 saturated heterocycles. The summed E-state index contributed by atoms with van der Waals surface area (Å²) in [6, 6.07) is 7.56. The number of fused-ring (bicyclic) bond motifs is 1. The van der Waals surface area contributed by atoms with E-state index in [9.17, 15) is 4.79 Å². The van der Waals surface area contributed by atoms with Gasteiger partial charge in [0.1, 0.15) is 12.1 Å². The number of nitrogens with zero attached hydrogens (tertiary/aromatic N) is 5. The summed E-state index contributed by atoms with van der Waals surface area (Å²) in [6.07, 6.45) is 1.49. The van der Waals surface area contributed by atoms with Crippen LogP contribution in [0.15, 0.2) is 30.6 Å². The van der Waals surface area contributed by atoms with Crippen LogP contribution in [0.5, 0.6) is 0 Å². The Morgan fingerprint density at radius 1 is 1.28 bits per heavy atom. The summed E-state index contributed by atoms with van der Waals surface area (Å²) in [5.41, 5.74) is 3.73. The molecule has 0 bridgehead atoms. The predicted octanol–water partition coefficient (Wildman–Crippen LogP) is 2.45. The van der Waals surface area contributed by atoms with Crippen molar-refractivity contribution in [2.45, 2.75) is 20.4 Å². The lowest BCUT2D eigenvalue weighted by atomic mass is 10.2. The van der Waals surface area contributed by atoms with Gasteiger partial charge in [-0.15, -0.1) is 0 Å². The molecule has 0 fully saturated rings. The van der Waals surface area contributed by atoms with E-state index in [1.807, 2.05) is 38.1 Å². The van der Waals surface area contributed by atoms with E-state index in [4.69, 9.17) is 0 Å². The lowest BCUT2D eigenvalue weighted by molar-refractivity contribution is 0.230. The largest absolute Gasteiger partial charge is 0.366 e. The van der Waals surface area contributed by atoms with Crippen LogP contribution in [-0.2, 0) is 6.54 Å². The maximum atomic E-state index is 11.8. The second-order valence-electron chi connectivity index (χ2n) is 6.02. The van der Waals surface area contributed by atoms with Crippen LogP contribution in [0.25, 0.3) is 5.78 Å². The van der Waals surface area contributed by atoms with E-state index in [1.54, 1.807) is 18.6 Å². The lowest BCUT2D eigenvalue weighted by Gasteiger charge is -2.14. The number of urea groups is 1. The normalized spacial score (nSPS) is 10.7. The minimum Gasteiger partial charge on any atom is -0.366 e. The lowest BCUT2D eigenvalue weighted by Crippen LogP contribution is -2.27. The number of carbonyl (C=O) groups is 1. The summed E-state index contributed by atoms with van der Waals surface area (Å²) in [7, 11) is 3.41. The van der Waals surface area contributed by atoms with E-state index in [1.165, 1.54) is 11.2 Å². The fourth-order valence-corrected chi connectivity index (χ4v) is 2.42. The molecule has 2 aromatic heterocycles. The van der Waals surface area contributed by atoms with Crippen LogP contribution in [0.3, 0.4) is 0 Å². The van der Waals surface area contributed by atoms with Gasteiger partial charge in [-0.1, -0.05) is 12.1 Å². The second-order valence-corrected chi connectivity index (χ2v) is 6.02. The molecule has 0 aliphatic rings. The molecule has 0 spiro atoms. The SMILES string of the molecule is Cc1nc2ncnn2c(NCc2cccc(NC(=O)N(C)C)c2)c1C. The van der Waals surface area contributed by atoms with Crippen molar-refractivity contribution in [1.82, 2.24) is 24.5 Å². The first-order valence-corrected chi connectivity index (χ1v) is 7.94. The van der Waals surface area contributed by atoms with Gasteiger partial charge >= 0.3 is 6.03 Å². The Bertz CT molecular complexity index is 917. The molecule has 25 heavy (non-hydrogen) atoms. The molecule has 8 nitrogen and oxygen atoms in total. The zero-order valence-electron chi connectivity index (χ0n) is 14.7. The molecule has 130 valence electrons. The number of nitrogens with one attached hydrogen (secondary N) is 2. The first kappa shape index (κ1) is 16.7. The summed E-state index contributed by atoms with van der Waals surface area (Å²) < 4.78 is 1.69. The number of aryl methyl sites for hydroxylation is 1. The molecule has 0 aliphatic heterocycles. The van der Waals surface area contributed by atoms with E-state index in [2.05, 4.69) is 25.7 Å². The van der Waals surface area contributed by atoms with Crippen molar-refractivity contribution in [3.63, 3.8) is 0 Å². The van der Waals surface area contributed by atoms with Gasteiger partial charge < -0.3 is 15.5 Å². The van der Waals surface area contributed by atoms with E-state index in [0.717, 1.165) is 28.3 Å². The quantitative estimate of drug-likeness (QED) is 0.762. The standard InChI is InChI=1S/C17H21N7O/c1-11-12(2)21-16-19-10-20-24(16)15(11)18-9-13-6-5-7-14(8-13)22-17(25)23(3)4/h5-8,10,18H,9H2,1-4H3,(H,22,25). The van der Waals surface area contributed by atoms with Gasteiger partial charge in [-0.3, -0.25) is 0 Å². The van der Waals surface area contributed by atoms with Crippen LogP contribution >= 0.6 is 0 Å². The van der Waals surface area contributed by atoms with Crippen LogP contribution in [-0.4, -0.2) is 44.6 Å². The highest BCUT2D eigenvalue weighted by Crippen LogP contribution is 2.19. The fraction of sp³-hybridized carbons (Fsp3) is 0.294. The molecule has 3 aromatic rings. The third-order valence-corrected chi connectivity index (χ3v) is 3.95. The molecule has 0 unspecified atom stereocenters. The molecule has 2 N–H and O–H groups in total. The molecule has 0 saturated carbocycles. The second kappa shape index (κ2) is 6.76. The van der Waals surface area contributed by atoms with Crippen molar-refractivity contribution in [1.29, 1.82) is 0 Å². The molecule has 0 atom stereocenters. The number of hydrogen-bond donors (Lipinski definition) is 2. The van der Waals surface area contributed by atoms with Gasteiger partial charge in [-0.2, -0.15) is 14.6 Å². The van der Waals surface area contributed by atoms with Crippen LogP contribution < -0.4 is 10.6 Å². The minimum atomic E-state index is -0.157. The van der Waals surface area contributed by atoms with Gasteiger partial charge in [0.15, 0.2) is 0 Å². The maximum Gasteiger partial charge on any atom is 0.321 e. The first-order valence-electron chi connectivity index (χ1n) is 7.94. The zero-order valence-corrected chi connectivity index (χ0v) is 14.7. The Morgan fingerprint density at radius 2 is 2.08 bits per heavy atom. The van der Waals surface area contributed by atoms with E-state index < -0.39 is 0 Å². The van der Waals surface area contributed by atoms with Crippen molar-refractivity contribution in [2.75, 3.05) is 24.7 Å². The molecular weight excluding hydrogens is 318 g/mol. The molecule has 0 radical (unpaired) electrons. The Hall–Kier alpha value is -3.16. The average Bonchev–Trinajstić information content (AvgIpc) is 3.03. The fourth-order valence-electron chi connectivity index (χ4n) is 2.42. The third kappa shape index (κ3) is 3.52. The van der Waals surface area contributed by atoms with Crippen LogP contribution in [0.1, 0.15) is 16.8 Å². The molecule has 0 aliphatic carbocycles. The maximum absolute atomic E-state index is 11.8. The van der Waals surface area contributed by atoms with E-state index in [0.29, 0.717) is 12.3 Å². The minimum absolute atomic E-state index is 0.157. The first-order chi connectivity index (χ1) is 12.0. The number of hydrogen-bond acceptors (Lipinski definition) is 5. The Morgan fingerprint density at radius 3 is 2.84 bits per heavy atom. The van der Waals surface area contributed by atoms with Gasteiger partial charge in [0.05, 0.1) is 0 Å².